The van der Waals surface area contributed by atoms with Gasteiger partial charge < -0.3 is 4.74 Å². The van der Waals surface area contributed by atoms with E-state index in [4.69, 9.17) is 27.9 Å². The smallest absolute Gasteiger partial charge is 0.246 e. The Morgan fingerprint density at radius 1 is 1.06 bits per heavy atom. The van der Waals surface area contributed by atoms with Crippen molar-refractivity contribution in [3.63, 3.8) is 0 Å². The van der Waals surface area contributed by atoms with Crippen molar-refractivity contribution in [3.05, 3.63) is 52.0 Å². The number of sulfonamides is 2. The molecule has 1 fully saturated rings. The Labute approximate surface area is 191 Å². The van der Waals surface area contributed by atoms with Gasteiger partial charge in [0.2, 0.25) is 20.0 Å². The molecule has 0 amide bonds. The number of rotatable bonds is 6. The van der Waals surface area contributed by atoms with Gasteiger partial charge in [0.05, 0.1) is 17.9 Å². The molecule has 1 saturated heterocycles. The van der Waals surface area contributed by atoms with Crippen molar-refractivity contribution in [3.8, 4) is 17.6 Å². The molecule has 166 valence electrons. The largest absolute Gasteiger partial charge is 0.456 e. The van der Waals surface area contributed by atoms with E-state index >= 15 is 0 Å². The van der Waals surface area contributed by atoms with Gasteiger partial charge in [0.15, 0.2) is 0 Å². The highest BCUT2D eigenvalue weighted by atomic mass is 35.5. The maximum Gasteiger partial charge on any atom is 0.246 e. The maximum absolute atomic E-state index is 13.3. The summed E-state index contributed by atoms with van der Waals surface area (Å²) in [6.45, 7) is 0.240. The standard InChI is InChI=1S/C19H19Cl2N3O5S2/c1-30(25,26)23-16-4-6-24(7-5-16)31(27,28)19-8-13(12-22)2-3-18(19)29-17-10-14(20)9-15(21)11-17/h2-3,8-11,16,23H,4-7H2,1H3. The zero-order chi connectivity index (χ0) is 22.8. The number of benzene rings is 2. The number of hydrogen-bond donors (Lipinski definition) is 1. The van der Waals surface area contributed by atoms with Crippen molar-refractivity contribution in [1.29, 1.82) is 5.26 Å². The summed E-state index contributed by atoms with van der Waals surface area (Å²) in [7, 11) is -7.40. The van der Waals surface area contributed by atoms with Crippen LogP contribution in [0.25, 0.3) is 0 Å². The van der Waals surface area contributed by atoms with Crippen molar-refractivity contribution in [2.24, 2.45) is 0 Å². The maximum atomic E-state index is 13.3. The second-order valence-corrected chi connectivity index (χ2v) is 11.6. The topological polar surface area (TPSA) is 117 Å². The van der Waals surface area contributed by atoms with Gasteiger partial charge in [-0.2, -0.15) is 9.57 Å². The Morgan fingerprint density at radius 3 is 2.23 bits per heavy atom. The Balaban J connectivity index is 1.90. The SMILES string of the molecule is CS(=O)(=O)NC1CCN(S(=O)(=O)c2cc(C#N)ccc2Oc2cc(Cl)cc(Cl)c2)CC1. The van der Waals surface area contributed by atoms with Gasteiger partial charge >= 0.3 is 0 Å². The van der Waals surface area contributed by atoms with E-state index in [-0.39, 0.29) is 41.1 Å². The summed E-state index contributed by atoms with van der Waals surface area (Å²) in [5, 5.41) is 9.88. The third-order valence-corrected chi connectivity index (χ3v) is 7.71. The summed E-state index contributed by atoms with van der Waals surface area (Å²) in [6, 6.07) is 10.2. The lowest BCUT2D eigenvalue weighted by molar-refractivity contribution is 0.308. The fraction of sp³-hybridized carbons (Fsp3) is 0.316. The van der Waals surface area contributed by atoms with Crippen molar-refractivity contribution in [2.45, 2.75) is 23.8 Å². The number of ether oxygens (including phenoxy) is 1. The summed E-state index contributed by atoms with van der Waals surface area (Å²) in [6.07, 6.45) is 1.71. The van der Waals surface area contributed by atoms with Gasteiger partial charge in [-0.1, -0.05) is 23.2 Å². The molecule has 0 saturated carbocycles. The normalized spacial score (nSPS) is 16.1. The molecule has 0 spiro atoms. The molecule has 0 aromatic heterocycles. The van der Waals surface area contributed by atoms with Crippen LogP contribution in [0.4, 0.5) is 0 Å². The van der Waals surface area contributed by atoms with Crippen molar-refractivity contribution < 1.29 is 21.6 Å². The van der Waals surface area contributed by atoms with Crippen LogP contribution in [0.15, 0.2) is 41.3 Å². The average Bonchev–Trinajstić information content (AvgIpc) is 2.66. The van der Waals surface area contributed by atoms with Gasteiger partial charge in [-0.05, 0) is 49.2 Å². The second kappa shape index (κ2) is 9.32. The molecule has 8 nitrogen and oxygen atoms in total. The van der Waals surface area contributed by atoms with Crippen LogP contribution >= 0.6 is 23.2 Å². The van der Waals surface area contributed by atoms with Crippen molar-refractivity contribution in [1.82, 2.24) is 9.03 Å². The molecule has 2 aromatic carbocycles. The van der Waals surface area contributed by atoms with E-state index in [0.29, 0.717) is 22.9 Å². The molecule has 0 radical (unpaired) electrons. The predicted molar refractivity (Wildman–Crippen MR) is 117 cm³/mol. The number of piperidine rings is 1. The number of halogens is 2. The molecule has 1 aliphatic rings. The minimum Gasteiger partial charge on any atom is -0.456 e. The van der Waals surface area contributed by atoms with Gasteiger partial charge in [0.25, 0.3) is 0 Å². The van der Waals surface area contributed by atoms with Gasteiger partial charge in [-0.25, -0.2) is 21.6 Å². The predicted octanol–water partition coefficient (Wildman–Crippen LogP) is 3.36. The summed E-state index contributed by atoms with van der Waals surface area (Å²) in [5.74, 6) is 0.267. The highest BCUT2D eigenvalue weighted by Gasteiger charge is 2.33. The van der Waals surface area contributed by atoms with Crippen LogP contribution in [-0.2, 0) is 20.0 Å². The van der Waals surface area contributed by atoms with E-state index < -0.39 is 20.0 Å². The molecule has 31 heavy (non-hydrogen) atoms. The zero-order valence-electron chi connectivity index (χ0n) is 16.4. The van der Waals surface area contributed by atoms with Gasteiger partial charge in [0, 0.05) is 29.2 Å². The van der Waals surface area contributed by atoms with E-state index in [0.717, 1.165) is 6.26 Å². The minimum absolute atomic E-state index is 0.0220. The van der Waals surface area contributed by atoms with Crippen LogP contribution in [0.3, 0.4) is 0 Å². The molecule has 2 aromatic rings. The zero-order valence-corrected chi connectivity index (χ0v) is 19.5. The fourth-order valence-corrected chi connectivity index (χ4v) is 6.19. The Morgan fingerprint density at radius 2 is 1.68 bits per heavy atom. The molecule has 12 heteroatoms. The Kier molecular flexibility index (Phi) is 7.15. The van der Waals surface area contributed by atoms with Crippen LogP contribution in [-0.4, -0.2) is 46.5 Å². The van der Waals surface area contributed by atoms with E-state index in [1.807, 2.05) is 6.07 Å². The summed E-state index contributed by atoms with van der Waals surface area (Å²) in [4.78, 5) is -0.169. The quantitative estimate of drug-likeness (QED) is 0.645. The first-order valence-corrected chi connectivity index (χ1v) is 13.2. The Bertz CT molecular complexity index is 1220. The molecule has 0 atom stereocenters. The van der Waals surface area contributed by atoms with Crippen LogP contribution in [0.5, 0.6) is 11.5 Å². The van der Waals surface area contributed by atoms with Crippen LogP contribution in [0.2, 0.25) is 10.0 Å². The van der Waals surface area contributed by atoms with Crippen LogP contribution < -0.4 is 9.46 Å². The highest BCUT2D eigenvalue weighted by Crippen LogP contribution is 2.35. The first-order chi connectivity index (χ1) is 14.5. The second-order valence-electron chi connectivity index (χ2n) is 7.05. The first-order valence-electron chi connectivity index (χ1n) is 9.13. The molecular formula is C19H19Cl2N3O5S2. The molecule has 1 aliphatic heterocycles. The average molecular weight is 504 g/mol. The third kappa shape index (κ3) is 6.10. The number of nitrogens with one attached hydrogen (secondary N) is 1. The molecule has 0 bridgehead atoms. The number of nitriles is 1. The fourth-order valence-electron chi connectivity index (χ4n) is 3.23. The molecule has 0 aliphatic carbocycles. The molecule has 1 heterocycles. The molecule has 1 N–H and O–H groups in total. The molecular weight excluding hydrogens is 485 g/mol. The minimum atomic E-state index is -4.02. The van der Waals surface area contributed by atoms with Gasteiger partial charge in [-0.15, -0.1) is 0 Å². The number of hydrogen-bond acceptors (Lipinski definition) is 6. The molecule has 3 rings (SSSR count). The summed E-state index contributed by atoms with van der Waals surface area (Å²) >= 11 is 12.0. The van der Waals surface area contributed by atoms with Gasteiger partial charge in [0.1, 0.15) is 16.4 Å². The van der Waals surface area contributed by atoms with Crippen molar-refractivity contribution in [2.75, 3.05) is 19.3 Å². The van der Waals surface area contributed by atoms with Gasteiger partial charge in [-0.3, -0.25) is 0 Å². The lowest BCUT2D eigenvalue weighted by Crippen LogP contribution is -2.46. The number of nitrogens with zero attached hydrogens (tertiary/aromatic N) is 2. The Hall–Kier alpha value is -1.87. The first kappa shape index (κ1) is 23.8. The van der Waals surface area contributed by atoms with E-state index in [1.54, 1.807) is 0 Å². The van der Waals surface area contributed by atoms with Crippen molar-refractivity contribution >= 4 is 43.2 Å². The van der Waals surface area contributed by atoms with E-state index in [9.17, 15) is 22.1 Å². The third-order valence-electron chi connectivity index (χ3n) is 4.59. The lowest BCUT2D eigenvalue weighted by atomic mass is 10.1. The monoisotopic (exact) mass is 503 g/mol. The summed E-state index contributed by atoms with van der Waals surface area (Å²) in [5.41, 5.74) is 0.156. The van der Waals surface area contributed by atoms with Crippen LogP contribution in [0, 0.1) is 11.3 Å². The molecule has 0 unspecified atom stereocenters. The van der Waals surface area contributed by atoms with Crippen LogP contribution in [0.1, 0.15) is 18.4 Å². The van der Waals surface area contributed by atoms with E-state index in [1.165, 1.54) is 40.7 Å². The highest BCUT2D eigenvalue weighted by molar-refractivity contribution is 7.89. The lowest BCUT2D eigenvalue weighted by Gasteiger charge is -2.31. The summed E-state index contributed by atoms with van der Waals surface area (Å²) < 4.78 is 59.0. The van der Waals surface area contributed by atoms with E-state index in [2.05, 4.69) is 4.72 Å².